The number of halogens is 1. The molecule has 1 fully saturated rings. The number of pyridine rings is 1. The van der Waals surface area contributed by atoms with Gasteiger partial charge in [-0.25, -0.2) is 8.42 Å². The van der Waals surface area contributed by atoms with E-state index in [1.165, 1.54) is 0 Å². The van der Waals surface area contributed by atoms with Gasteiger partial charge < -0.3 is 5.32 Å². The first kappa shape index (κ1) is 15.7. The van der Waals surface area contributed by atoms with Gasteiger partial charge in [-0.05, 0) is 49.1 Å². The van der Waals surface area contributed by atoms with Crippen LogP contribution in [0.5, 0.6) is 0 Å². The number of rotatable bonds is 4. The zero-order valence-corrected chi connectivity index (χ0v) is 13.8. The fourth-order valence-corrected chi connectivity index (χ4v) is 5.02. The molecule has 6 heteroatoms. The van der Waals surface area contributed by atoms with Gasteiger partial charge in [0.1, 0.15) is 0 Å². The lowest BCUT2D eigenvalue weighted by atomic mass is 10.1. The van der Waals surface area contributed by atoms with Crippen LogP contribution in [0.2, 0.25) is 5.02 Å². The molecule has 118 valence electrons. The highest BCUT2D eigenvalue weighted by Gasteiger charge is 2.24. The van der Waals surface area contributed by atoms with Crippen molar-refractivity contribution < 1.29 is 8.42 Å². The maximum absolute atomic E-state index is 11.7. The van der Waals surface area contributed by atoms with Crippen molar-refractivity contribution in [2.24, 2.45) is 5.92 Å². The lowest BCUT2D eigenvalue weighted by Gasteiger charge is -2.22. The SMILES string of the molecule is O=S1(=O)CCCC(CNCc2ccc(Cl)c3cccnc23)C1. The lowest BCUT2D eigenvalue weighted by Crippen LogP contribution is -2.32. The molecule has 0 bridgehead atoms. The number of nitrogens with zero attached hydrogens (tertiary/aromatic N) is 1. The molecule has 1 N–H and O–H groups in total. The third-order valence-corrected chi connectivity index (χ3v) is 6.33. The molecule has 2 heterocycles. The molecular weight excluding hydrogens is 320 g/mol. The molecule has 1 atom stereocenters. The maximum Gasteiger partial charge on any atom is 0.150 e. The fraction of sp³-hybridized carbons (Fsp3) is 0.438. The molecule has 0 saturated carbocycles. The molecule has 1 aromatic carbocycles. The predicted molar refractivity (Wildman–Crippen MR) is 89.8 cm³/mol. The van der Waals surface area contributed by atoms with Gasteiger partial charge in [0.2, 0.25) is 0 Å². The lowest BCUT2D eigenvalue weighted by molar-refractivity contribution is 0.453. The number of benzene rings is 1. The molecule has 3 rings (SSSR count). The van der Waals surface area contributed by atoms with E-state index in [9.17, 15) is 8.42 Å². The average molecular weight is 339 g/mol. The van der Waals surface area contributed by atoms with Crippen molar-refractivity contribution >= 4 is 32.3 Å². The van der Waals surface area contributed by atoms with Gasteiger partial charge >= 0.3 is 0 Å². The molecule has 0 aliphatic carbocycles. The average Bonchev–Trinajstić information content (AvgIpc) is 2.49. The predicted octanol–water partition coefficient (Wildman–Crippen LogP) is 2.80. The molecular formula is C16H19ClN2O2S. The van der Waals surface area contributed by atoms with E-state index in [-0.39, 0.29) is 5.92 Å². The van der Waals surface area contributed by atoms with Gasteiger partial charge in [0, 0.05) is 23.2 Å². The molecule has 1 aliphatic heterocycles. The Hall–Kier alpha value is -1.17. The second kappa shape index (κ2) is 6.52. The smallest absolute Gasteiger partial charge is 0.150 e. The Morgan fingerprint density at radius 3 is 3.00 bits per heavy atom. The minimum absolute atomic E-state index is 0.213. The number of aromatic nitrogens is 1. The minimum atomic E-state index is -2.84. The number of nitrogens with one attached hydrogen (secondary N) is 1. The summed E-state index contributed by atoms with van der Waals surface area (Å²) < 4.78 is 23.3. The Balaban J connectivity index is 1.66. The molecule has 0 amide bonds. The first-order valence-corrected chi connectivity index (χ1v) is 9.68. The van der Waals surface area contributed by atoms with Crippen LogP contribution < -0.4 is 5.32 Å². The maximum atomic E-state index is 11.7. The van der Waals surface area contributed by atoms with Crippen LogP contribution in [-0.4, -0.2) is 31.5 Å². The quantitative estimate of drug-likeness (QED) is 0.931. The van der Waals surface area contributed by atoms with Crippen LogP contribution in [0, 0.1) is 5.92 Å². The zero-order chi connectivity index (χ0) is 15.6. The van der Waals surface area contributed by atoms with E-state index in [0.717, 1.165) is 35.9 Å². The van der Waals surface area contributed by atoms with Crippen LogP contribution >= 0.6 is 11.6 Å². The van der Waals surface area contributed by atoms with E-state index >= 15 is 0 Å². The van der Waals surface area contributed by atoms with Gasteiger partial charge in [-0.2, -0.15) is 0 Å². The van der Waals surface area contributed by atoms with E-state index in [0.29, 0.717) is 23.1 Å². The van der Waals surface area contributed by atoms with Crippen molar-refractivity contribution in [2.75, 3.05) is 18.1 Å². The number of fused-ring (bicyclic) bond motifs is 1. The van der Waals surface area contributed by atoms with E-state index in [1.807, 2.05) is 24.3 Å². The molecule has 1 aromatic heterocycles. The molecule has 1 aliphatic rings. The highest BCUT2D eigenvalue weighted by Crippen LogP contribution is 2.25. The normalized spacial score (nSPS) is 21.0. The van der Waals surface area contributed by atoms with Crippen LogP contribution in [-0.2, 0) is 16.4 Å². The highest BCUT2D eigenvalue weighted by molar-refractivity contribution is 7.91. The zero-order valence-electron chi connectivity index (χ0n) is 12.3. The summed E-state index contributed by atoms with van der Waals surface area (Å²) >= 11 is 6.19. The van der Waals surface area contributed by atoms with Crippen molar-refractivity contribution in [2.45, 2.75) is 19.4 Å². The first-order chi connectivity index (χ1) is 10.6. The van der Waals surface area contributed by atoms with Gasteiger partial charge in [0.25, 0.3) is 0 Å². The second-order valence-electron chi connectivity index (χ2n) is 5.86. The van der Waals surface area contributed by atoms with E-state index in [1.54, 1.807) is 6.20 Å². The van der Waals surface area contributed by atoms with E-state index < -0.39 is 9.84 Å². The minimum Gasteiger partial charge on any atom is -0.312 e. The van der Waals surface area contributed by atoms with Crippen LogP contribution in [0.25, 0.3) is 10.9 Å². The molecule has 2 aromatic rings. The first-order valence-electron chi connectivity index (χ1n) is 7.48. The highest BCUT2D eigenvalue weighted by atomic mass is 35.5. The molecule has 22 heavy (non-hydrogen) atoms. The topological polar surface area (TPSA) is 59.1 Å². The molecule has 0 radical (unpaired) electrons. The van der Waals surface area contributed by atoms with Crippen LogP contribution in [0.4, 0.5) is 0 Å². The molecule has 4 nitrogen and oxygen atoms in total. The van der Waals surface area contributed by atoms with E-state index in [4.69, 9.17) is 11.6 Å². The van der Waals surface area contributed by atoms with Crippen molar-refractivity contribution in [3.8, 4) is 0 Å². The summed E-state index contributed by atoms with van der Waals surface area (Å²) in [5.74, 6) is 0.861. The van der Waals surface area contributed by atoms with Gasteiger partial charge in [-0.3, -0.25) is 4.98 Å². The number of hydrogen-bond acceptors (Lipinski definition) is 4. The molecule has 1 saturated heterocycles. The van der Waals surface area contributed by atoms with Crippen LogP contribution in [0.3, 0.4) is 0 Å². The van der Waals surface area contributed by atoms with Gasteiger partial charge in [0.15, 0.2) is 9.84 Å². The fourth-order valence-electron chi connectivity index (χ4n) is 3.03. The summed E-state index contributed by atoms with van der Waals surface area (Å²) in [4.78, 5) is 4.41. The third-order valence-electron chi connectivity index (χ3n) is 4.11. The third kappa shape index (κ3) is 3.59. The summed E-state index contributed by atoms with van der Waals surface area (Å²) in [6, 6.07) is 7.69. The van der Waals surface area contributed by atoms with Crippen molar-refractivity contribution in [3.63, 3.8) is 0 Å². The Morgan fingerprint density at radius 2 is 2.18 bits per heavy atom. The standard InChI is InChI=1S/C16H19ClN2O2S/c17-15-6-5-13(16-14(15)4-1-7-19-16)10-18-9-12-3-2-8-22(20,21)11-12/h1,4-7,12,18H,2-3,8-11H2. The van der Waals surface area contributed by atoms with Crippen molar-refractivity contribution in [3.05, 3.63) is 41.0 Å². The Kier molecular flexibility index (Phi) is 4.66. The summed E-state index contributed by atoms with van der Waals surface area (Å²) in [5, 5.41) is 5.02. The second-order valence-corrected chi connectivity index (χ2v) is 8.50. The summed E-state index contributed by atoms with van der Waals surface area (Å²) in [5.41, 5.74) is 1.98. The van der Waals surface area contributed by atoms with Crippen LogP contribution in [0.15, 0.2) is 30.5 Å². The van der Waals surface area contributed by atoms with Crippen molar-refractivity contribution in [1.29, 1.82) is 0 Å². The molecule has 0 spiro atoms. The van der Waals surface area contributed by atoms with Crippen LogP contribution in [0.1, 0.15) is 18.4 Å². The number of hydrogen-bond donors (Lipinski definition) is 1. The van der Waals surface area contributed by atoms with Gasteiger partial charge in [0.05, 0.1) is 17.0 Å². The van der Waals surface area contributed by atoms with Crippen molar-refractivity contribution in [1.82, 2.24) is 10.3 Å². The summed E-state index contributed by atoms with van der Waals surface area (Å²) in [7, 11) is -2.84. The number of sulfone groups is 1. The Bertz CT molecular complexity index is 777. The Labute approximate surface area is 135 Å². The van der Waals surface area contributed by atoms with Gasteiger partial charge in [-0.1, -0.05) is 17.7 Å². The van der Waals surface area contributed by atoms with E-state index in [2.05, 4.69) is 10.3 Å². The summed E-state index contributed by atoms with van der Waals surface area (Å²) in [6.45, 7) is 1.39. The molecule has 1 unspecified atom stereocenters. The monoisotopic (exact) mass is 338 g/mol. The summed E-state index contributed by atoms with van der Waals surface area (Å²) in [6.07, 6.45) is 3.52. The largest absolute Gasteiger partial charge is 0.312 e. The van der Waals surface area contributed by atoms with Gasteiger partial charge in [-0.15, -0.1) is 0 Å². The Morgan fingerprint density at radius 1 is 1.32 bits per heavy atom.